The lowest BCUT2D eigenvalue weighted by atomic mass is 10.1. The van der Waals surface area contributed by atoms with Gasteiger partial charge in [-0.15, -0.1) is 0 Å². The highest BCUT2D eigenvalue weighted by atomic mass is 35.5. The Hall–Kier alpha value is -2.35. The van der Waals surface area contributed by atoms with Gasteiger partial charge in [-0.05, 0) is 24.1 Å². The van der Waals surface area contributed by atoms with E-state index < -0.39 is 23.9 Å². The first-order valence-corrected chi connectivity index (χ1v) is 7.35. The summed E-state index contributed by atoms with van der Waals surface area (Å²) in [5.41, 5.74) is 0.149. The maximum Gasteiger partial charge on any atom is 0.507 e. The first-order valence-electron chi connectivity index (χ1n) is 6.97. The molecule has 0 bridgehead atoms. The van der Waals surface area contributed by atoms with Crippen LogP contribution in [0.1, 0.15) is 30.5 Å². The largest absolute Gasteiger partial charge is 0.507 e. The average molecular weight is 342 g/mol. The summed E-state index contributed by atoms with van der Waals surface area (Å²) in [4.78, 5) is 23.2. The van der Waals surface area contributed by atoms with Crippen LogP contribution in [0, 0.1) is 5.82 Å². The van der Waals surface area contributed by atoms with Crippen molar-refractivity contribution in [3.8, 4) is 0 Å². The molecule has 23 heavy (non-hydrogen) atoms. The highest BCUT2D eigenvalue weighted by Gasteiger charge is 2.28. The second-order valence-corrected chi connectivity index (χ2v) is 5.61. The zero-order valence-electron chi connectivity index (χ0n) is 11.9. The third-order valence-corrected chi connectivity index (χ3v) is 3.92. The smallest absolute Gasteiger partial charge is 0.450 e. The molecule has 0 amide bonds. The molecule has 0 saturated heterocycles. The van der Waals surface area contributed by atoms with Crippen molar-refractivity contribution in [2.45, 2.75) is 32.0 Å². The molecule has 0 fully saturated rings. The van der Waals surface area contributed by atoms with Gasteiger partial charge in [0.25, 0.3) is 0 Å². The van der Waals surface area contributed by atoms with Crippen LogP contribution in [-0.4, -0.2) is 25.6 Å². The number of benzene rings is 1. The van der Waals surface area contributed by atoms with Crippen molar-refractivity contribution in [2.24, 2.45) is 0 Å². The average Bonchev–Trinajstić information content (AvgIpc) is 2.80. The lowest BCUT2D eigenvalue weighted by molar-refractivity contribution is 0.00392. The molecule has 1 N–H and O–H groups in total. The molecule has 122 valence electrons. The zero-order chi connectivity index (χ0) is 16.6. The number of nitrogens with zero attached hydrogens (tertiary/aromatic N) is 3. The van der Waals surface area contributed by atoms with Gasteiger partial charge in [-0.2, -0.15) is 5.10 Å². The van der Waals surface area contributed by atoms with Crippen molar-refractivity contribution in [3.05, 3.63) is 50.9 Å². The van der Waals surface area contributed by atoms with Gasteiger partial charge < -0.3 is 9.84 Å². The molecular formula is C14H13ClFN3O4. The number of ether oxygens (including phenoxy) is 1. The highest BCUT2D eigenvalue weighted by molar-refractivity contribution is 6.30. The minimum Gasteiger partial charge on any atom is -0.450 e. The van der Waals surface area contributed by atoms with Crippen LogP contribution >= 0.6 is 11.6 Å². The Kier molecular flexibility index (Phi) is 4.08. The van der Waals surface area contributed by atoms with Crippen molar-refractivity contribution in [2.75, 3.05) is 0 Å². The molecule has 0 aliphatic carbocycles. The van der Waals surface area contributed by atoms with Crippen LogP contribution in [0.4, 0.5) is 9.18 Å². The van der Waals surface area contributed by atoms with Crippen LogP contribution in [0.2, 0.25) is 5.02 Å². The predicted molar refractivity (Wildman–Crippen MR) is 78.1 cm³/mol. The topological polar surface area (TPSA) is 86.3 Å². The molecule has 2 aromatic rings. The Morgan fingerprint density at radius 2 is 2.30 bits per heavy atom. The lowest BCUT2D eigenvalue weighted by Crippen LogP contribution is -2.33. The Morgan fingerprint density at radius 1 is 1.52 bits per heavy atom. The van der Waals surface area contributed by atoms with E-state index in [1.165, 1.54) is 27.4 Å². The number of hydrogen-bond donors (Lipinski definition) is 1. The molecule has 7 nitrogen and oxygen atoms in total. The summed E-state index contributed by atoms with van der Waals surface area (Å²) in [5, 5.41) is 12.9. The van der Waals surface area contributed by atoms with Gasteiger partial charge in [0, 0.05) is 12.8 Å². The van der Waals surface area contributed by atoms with Gasteiger partial charge >= 0.3 is 11.8 Å². The molecule has 1 aliphatic heterocycles. The van der Waals surface area contributed by atoms with Crippen LogP contribution < -0.4 is 5.69 Å². The van der Waals surface area contributed by atoms with Crippen LogP contribution in [0.25, 0.3) is 0 Å². The SMILES string of the molecule is O=C(O)OC1CCCc2nn(Cc3ccc(F)c(Cl)c3)c(=O)n21. The normalized spacial score (nSPS) is 16.9. The number of fused-ring (bicyclic) bond motifs is 1. The van der Waals surface area contributed by atoms with Crippen LogP contribution in [-0.2, 0) is 17.7 Å². The Bertz CT molecular complexity index is 817. The predicted octanol–water partition coefficient (Wildman–Crippen LogP) is 2.42. The summed E-state index contributed by atoms with van der Waals surface area (Å²) in [6.07, 6.45) is -0.641. The van der Waals surface area contributed by atoms with E-state index in [4.69, 9.17) is 21.4 Å². The fourth-order valence-corrected chi connectivity index (χ4v) is 2.83. The molecule has 2 heterocycles. The molecule has 9 heteroatoms. The number of halogens is 2. The monoisotopic (exact) mass is 341 g/mol. The molecule has 1 atom stereocenters. The summed E-state index contributed by atoms with van der Waals surface area (Å²) in [5.74, 6) is -0.0671. The van der Waals surface area contributed by atoms with Gasteiger partial charge in [0.05, 0.1) is 11.6 Å². The number of aromatic nitrogens is 3. The van der Waals surface area contributed by atoms with Gasteiger partial charge in [-0.1, -0.05) is 17.7 Å². The summed E-state index contributed by atoms with van der Waals surface area (Å²) < 4.78 is 20.4. The molecule has 0 radical (unpaired) electrons. The van der Waals surface area contributed by atoms with Gasteiger partial charge in [0.15, 0.2) is 6.23 Å². The van der Waals surface area contributed by atoms with Gasteiger partial charge in [-0.3, -0.25) is 0 Å². The Morgan fingerprint density at radius 3 is 3.00 bits per heavy atom. The number of aryl methyl sites for hydroxylation is 1. The zero-order valence-corrected chi connectivity index (χ0v) is 12.7. The van der Waals surface area contributed by atoms with Crippen molar-refractivity contribution in [1.29, 1.82) is 0 Å². The summed E-state index contributed by atoms with van der Waals surface area (Å²) in [7, 11) is 0. The first kappa shape index (κ1) is 15.5. The summed E-state index contributed by atoms with van der Waals surface area (Å²) in [6.45, 7) is 0.110. The van der Waals surface area contributed by atoms with E-state index in [1.807, 2.05) is 0 Å². The van der Waals surface area contributed by atoms with Gasteiger partial charge in [0.2, 0.25) is 0 Å². The molecule has 1 aromatic carbocycles. The quantitative estimate of drug-likeness (QED) is 0.866. The minimum absolute atomic E-state index is 0.0355. The van der Waals surface area contributed by atoms with Crippen molar-refractivity contribution < 1.29 is 19.0 Å². The fourth-order valence-electron chi connectivity index (χ4n) is 2.63. The maximum absolute atomic E-state index is 13.2. The number of carboxylic acid groups (broad SMARTS) is 1. The summed E-state index contributed by atoms with van der Waals surface area (Å²) in [6, 6.07) is 4.15. The molecule has 1 aliphatic rings. The van der Waals surface area contributed by atoms with Crippen molar-refractivity contribution in [3.63, 3.8) is 0 Å². The van der Waals surface area contributed by atoms with Gasteiger partial charge in [-0.25, -0.2) is 23.2 Å². The molecule has 0 saturated carbocycles. The number of carbonyl (C=O) groups is 1. The van der Waals surface area contributed by atoms with E-state index in [0.717, 1.165) is 0 Å². The van der Waals surface area contributed by atoms with Crippen molar-refractivity contribution in [1.82, 2.24) is 14.3 Å². The van der Waals surface area contributed by atoms with E-state index in [9.17, 15) is 14.0 Å². The van der Waals surface area contributed by atoms with Gasteiger partial charge in [0.1, 0.15) is 11.6 Å². The lowest BCUT2D eigenvalue weighted by Gasteiger charge is -2.21. The molecular weight excluding hydrogens is 329 g/mol. The van der Waals surface area contributed by atoms with E-state index in [-0.39, 0.29) is 11.6 Å². The highest BCUT2D eigenvalue weighted by Crippen LogP contribution is 2.23. The van der Waals surface area contributed by atoms with E-state index in [2.05, 4.69) is 5.10 Å². The first-order chi connectivity index (χ1) is 11.0. The Balaban J connectivity index is 1.93. The molecule has 0 spiro atoms. The van der Waals surface area contributed by atoms with E-state index in [1.54, 1.807) is 0 Å². The fraction of sp³-hybridized carbons (Fsp3) is 0.357. The third kappa shape index (κ3) is 3.07. The van der Waals surface area contributed by atoms with E-state index >= 15 is 0 Å². The van der Waals surface area contributed by atoms with Crippen LogP contribution in [0.3, 0.4) is 0 Å². The maximum atomic E-state index is 13.2. The minimum atomic E-state index is -1.44. The van der Waals surface area contributed by atoms with E-state index in [0.29, 0.717) is 30.7 Å². The second-order valence-electron chi connectivity index (χ2n) is 5.21. The van der Waals surface area contributed by atoms with Crippen LogP contribution in [0.5, 0.6) is 0 Å². The second kappa shape index (κ2) is 6.04. The standard InChI is InChI=1S/C14H13ClFN3O4/c15-9-6-8(4-5-10(9)16)7-18-13(20)19-11(17-18)2-1-3-12(19)23-14(21)22/h4-6,12H,1-3,7H2,(H,21,22). The summed E-state index contributed by atoms with van der Waals surface area (Å²) >= 11 is 5.73. The number of hydrogen-bond acceptors (Lipinski definition) is 4. The molecule has 1 aromatic heterocycles. The number of rotatable bonds is 3. The van der Waals surface area contributed by atoms with Crippen molar-refractivity contribution >= 4 is 17.8 Å². The molecule has 1 unspecified atom stereocenters. The molecule has 3 rings (SSSR count). The van der Waals surface area contributed by atoms with Crippen LogP contribution in [0.15, 0.2) is 23.0 Å². The Labute approximate surface area is 134 Å². The third-order valence-electron chi connectivity index (χ3n) is 3.63.